The van der Waals surface area contributed by atoms with Crippen LogP contribution in [0.2, 0.25) is 0 Å². The van der Waals surface area contributed by atoms with Crippen LogP contribution in [0.5, 0.6) is 0 Å². The molecule has 100 valence electrons. The molecule has 1 saturated carbocycles. The van der Waals surface area contributed by atoms with Gasteiger partial charge in [-0.3, -0.25) is 5.41 Å². The van der Waals surface area contributed by atoms with E-state index < -0.39 is 11.6 Å². The van der Waals surface area contributed by atoms with E-state index in [9.17, 15) is 4.79 Å². The molecule has 0 aromatic carbocycles. The average molecular weight is 250 g/mol. The van der Waals surface area contributed by atoms with E-state index >= 15 is 0 Å². The van der Waals surface area contributed by atoms with Gasteiger partial charge >= 0.3 is 5.97 Å². The van der Waals surface area contributed by atoms with Crippen LogP contribution >= 0.6 is 0 Å². The second kappa shape index (κ2) is 5.99. The number of esters is 1. The summed E-state index contributed by atoms with van der Waals surface area (Å²) in [5.41, 5.74) is -0.590. The van der Waals surface area contributed by atoms with Gasteiger partial charge in [-0.1, -0.05) is 12.8 Å². The number of ether oxygens (including phenoxy) is 1. The highest BCUT2D eigenvalue weighted by molar-refractivity contribution is 6.35. The molecule has 1 N–H and O–H groups in total. The molecule has 0 aliphatic heterocycles. The lowest BCUT2D eigenvalue weighted by Gasteiger charge is -2.19. The van der Waals surface area contributed by atoms with E-state index in [1.807, 2.05) is 0 Å². The molecule has 0 spiro atoms. The van der Waals surface area contributed by atoms with Gasteiger partial charge in [-0.05, 0) is 46.0 Å². The minimum atomic E-state index is -0.564. The molecule has 1 aliphatic rings. The van der Waals surface area contributed by atoms with Gasteiger partial charge in [0.05, 0.1) is 6.07 Å². The van der Waals surface area contributed by atoms with Crippen LogP contribution in [0.15, 0.2) is 0 Å². The third-order valence-corrected chi connectivity index (χ3v) is 2.89. The Kier molecular flexibility index (Phi) is 4.89. The minimum absolute atomic E-state index is 0.0269. The monoisotopic (exact) mass is 250 g/mol. The fourth-order valence-electron chi connectivity index (χ4n) is 1.75. The Hall–Kier alpha value is -1.37. The molecule has 1 atom stereocenters. The predicted octanol–water partition coefficient (Wildman–Crippen LogP) is 3.07. The van der Waals surface area contributed by atoms with Crippen LogP contribution in [-0.4, -0.2) is 17.3 Å². The summed E-state index contributed by atoms with van der Waals surface area (Å²) in [6.45, 7) is 5.34. The highest BCUT2D eigenvalue weighted by Gasteiger charge is 2.26. The van der Waals surface area contributed by atoms with Gasteiger partial charge in [0.1, 0.15) is 11.3 Å². The first kappa shape index (κ1) is 14.7. The molecule has 0 radical (unpaired) electrons. The van der Waals surface area contributed by atoms with Crippen molar-refractivity contribution in [2.45, 2.75) is 58.5 Å². The molecule has 0 unspecified atom stereocenters. The Morgan fingerprint density at radius 1 is 1.50 bits per heavy atom. The lowest BCUT2D eigenvalue weighted by molar-refractivity contribution is -0.146. The third kappa shape index (κ3) is 5.81. The Morgan fingerprint density at radius 3 is 2.56 bits per heavy atom. The van der Waals surface area contributed by atoms with Crippen LogP contribution in [0.1, 0.15) is 52.9 Å². The molecule has 0 aromatic rings. The quantitative estimate of drug-likeness (QED) is 0.581. The zero-order valence-corrected chi connectivity index (χ0v) is 11.5. The van der Waals surface area contributed by atoms with Gasteiger partial charge < -0.3 is 4.74 Å². The lowest BCUT2D eigenvalue weighted by atomic mass is 9.97. The van der Waals surface area contributed by atoms with Gasteiger partial charge in [-0.15, -0.1) is 0 Å². The van der Waals surface area contributed by atoms with E-state index in [0.717, 1.165) is 6.42 Å². The summed E-state index contributed by atoms with van der Waals surface area (Å²) >= 11 is 0. The number of carbonyl (C=O) groups excluding carboxylic acids is 1. The summed E-state index contributed by atoms with van der Waals surface area (Å²) in [4.78, 5) is 11.6. The molecule has 0 bridgehead atoms. The van der Waals surface area contributed by atoms with Gasteiger partial charge in [0.25, 0.3) is 0 Å². The molecule has 4 heteroatoms. The zero-order valence-electron chi connectivity index (χ0n) is 11.5. The largest absolute Gasteiger partial charge is 0.456 e. The van der Waals surface area contributed by atoms with Crippen LogP contribution < -0.4 is 0 Å². The maximum atomic E-state index is 11.6. The fraction of sp³-hybridized carbons (Fsp3) is 0.786. The molecule has 0 saturated heterocycles. The van der Waals surface area contributed by atoms with Crippen molar-refractivity contribution in [2.75, 3.05) is 0 Å². The Labute approximate surface area is 109 Å². The van der Waals surface area contributed by atoms with Crippen LogP contribution in [0.25, 0.3) is 0 Å². The number of carbonyl (C=O) groups is 1. The van der Waals surface area contributed by atoms with Gasteiger partial charge in [-0.25, -0.2) is 4.79 Å². The number of nitrogens with one attached hydrogen (secondary N) is 1. The van der Waals surface area contributed by atoms with E-state index in [-0.39, 0.29) is 11.6 Å². The van der Waals surface area contributed by atoms with Gasteiger partial charge in [0.15, 0.2) is 0 Å². The van der Waals surface area contributed by atoms with Crippen molar-refractivity contribution >= 4 is 11.7 Å². The summed E-state index contributed by atoms with van der Waals surface area (Å²) in [7, 11) is 0. The highest BCUT2D eigenvalue weighted by atomic mass is 16.6. The van der Waals surface area contributed by atoms with Crippen LogP contribution in [0, 0.1) is 28.6 Å². The van der Waals surface area contributed by atoms with E-state index in [1.54, 1.807) is 20.8 Å². The molecular weight excluding hydrogens is 228 g/mol. The normalized spacial score (nSPS) is 16.8. The van der Waals surface area contributed by atoms with Crippen LogP contribution in [0.4, 0.5) is 0 Å². The number of hydrogen-bond acceptors (Lipinski definition) is 4. The summed E-state index contributed by atoms with van der Waals surface area (Å²) < 4.78 is 5.11. The van der Waals surface area contributed by atoms with Crippen molar-refractivity contribution < 1.29 is 9.53 Å². The summed E-state index contributed by atoms with van der Waals surface area (Å²) in [6.07, 6.45) is 4.28. The third-order valence-electron chi connectivity index (χ3n) is 2.89. The maximum absolute atomic E-state index is 11.6. The van der Waals surface area contributed by atoms with Crippen molar-refractivity contribution in [2.24, 2.45) is 11.8 Å². The Balaban J connectivity index is 2.30. The Morgan fingerprint density at radius 2 is 2.11 bits per heavy atom. The smallest absolute Gasteiger partial charge is 0.352 e. The first-order valence-corrected chi connectivity index (χ1v) is 6.52. The number of nitrogens with zero attached hydrogens (tertiary/aromatic N) is 1. The van der Waals surface area contributed by atoms with Crippen molar-refractivity contribution in [3.63, 3.8) is 0 Å². The van der Waals surface area contributed by atoms with Crippen molar-refractivity contribution in [3.05, 3.63) is 0 Å². The van der Waals surface area contributed by atoms with Crippen molar-refractivity contribution in [1.29, 1.82) is 10.7 Å². The molecule has 18 heavy (non-hydrogen) atoms. The maximum Gasteiger partial charge on any atom is 0.352 e. The molecular formula is C14H22N2O2. The van der Waals surface area contributed by atoms with E-state index in [2.05, 4.69) is 6.07 Å². The molecule has 0 heterocycles. The van der Waals surface area contributed by atoms with E-state index in [0.29, 0.717) is 18.8 Å². The van der Waals surface area contributed by atoms with E-state index in [1.165, 1.54) is 12.8 Å². The van der Waals surface area contributed by atoms with Gasteiger partial charge in [-0.2, -0.15) is 5.26 Å². The SMILES string of the molecule is CC(C)(C)OC(=O)C(=N)CC[C@H](C#N)CC1CC1. The number of rotatable bonds is 6. The second-order valence-electron chi connectivity index (χ2n) is 6.02. The molecule has 1 rings (SSSR count). The molecule has 1 aliphatic carbocycles. The summed E-state index contributed by atoms with van der Waals surface area (Å²) in [5, 5.41) is 16.7. The van der Waals surface area contributed by atoms with Crippen molar-refractivity contribution in [1.82, 2.24) is 0 Å². The van der Waals surface area contributed by atoms with Gasteiger partial charge in [0, 0.05) is 5.92 Å². The van der Waals surface area contributed by atoms with E-state index in [4.69, 9.17) is 15.4 Å². The summed E-state index contributed by atoms with van der Waals surface area (Å²) in [5.74, 6) is 0.108. The molecule has 4 nitrogen and oxygen atoms in total. The number of hydrogen-bond donors (Lipinski definition) is 1. The standard InChI is InChI=1S/C14H22N2O2/c1-14(2,3)18-13(17)12(16)7-6-11(9-15)8-10-4-5-10/h10-11,16H,4-8H2,1-3H3/t11-/m0/s1. The average Bonchev–Trinajstić information content (AvgIpc) is 3.04. The topological polar surface area (TPSA) is 73.9 Å². The van der Waals surface area contributed by atoms with Crippen LogP contribution in [0.3, 0.4) is 0 Å². The molecule has 0 amide bonds. The summed E-state index contributed by atoms with van der Waals surface area (Å²) in [6, 6.07) is 2.27. The van der Waals surface area contributed by atoms with Crippen LogP contribution in [-0.2, 0) is 9.53 Å². The first-order valence-electron chi connectivity index (χ1n) is 6.52. The molecule has 1 fully saturated rings. The first-order chi connectivity index (χ1) is 8.31. The second-order valence-corrected chi connectivity index (χ2v) is 6.02. The van der Waals surface area contributed by atoms with Gasteiger partial charge in [0.2, 0.25) is 0 Å². The van der Waals surface area contributed by atoms with Crippen molar-refractivity contribution in [3.8, 4) is 6.07 Å². The lowest BCUT2D eigenvalue weighted by Crippen LogP contribution is -2.28. The zero-order chi connectivity index (χ0) is 13.8. The fourth-order valence-corrected chi connectivity index (χ4v) is 1.75. The molecule has 0 aromatic heterocycles. The minimum Gasteiger partial charge on any atom is -0.456 e. The number of nitriles is 1. The highest BCUT2D eigenvalue weighted by Crippen LogP contribution is 2.36. The Bertz CT molecular complexity index is 359. The predicted molar refractivity (Wildman–Crippen MR) is 69.2 cm³/mol.